The molecule has 0 saturated carbocycles. The third-order valence-electron chi connectivity index (χ3n) is 3.68. The second-order valence-electron chi connectivity index (χ2n) is 5.45. The fraction of sp³-hybridized carbons (Fsp3) is 0. The Balaban J connectivity index is 1.90. The van der Waals surface area contributed by atoms with E-state index in [4.69, 9.17) is 16.3 Å². The van der Waals surface area contributed by atoms with Crippen molar-refractivity contribution in [1.29, 1.82) is 0 Å². The Labute approximate surface area is 162 Å². The third-order valence-corrected chi connectivity index (χ3v) is 4.00. The van der Waals surface area contributed by atoms with Crippen molar-refractivity contribution in [2.45, 2.75) is 0 Å². The normalized spacial score (nSPS) is 15.0. The molecule has 9 nitrogen and oxygen atoms in total. The highest BCUT2D eigenvalue weighted by molar-refractivity contribution is 6.34. The van der Waals surface area contributed by atoms with Crippen LogP contribution in [-0.4, -0.2) is 21.7 Å². The van der Waals surface area contributed by atoms with Crippen molar-refractivity contribution in [2.24, 2.45) is 4.99 Å². The highest BCUT2D eigenvalue weighted by atomic mass is 35.5. The van der Waals surface area contributed by atoms with E-state index in [-0.39, 0.29) is 33.6 Å². The van der Waals surface area contributed by atoms with Crippen LogP contribution in [0, 0.1) is 20.2 Å². The molecular formula is C18H10ClN3O6. The maximum atomic E-state index is 12.0. The lowest BCUT2D eigenvalue weighted by Gasteiger charge is -2.02. The second-order valence-corrected chi connectivity index (χ2v) is 5.86. The number of nitrogens with zero attached hydrogens (tertiary/aromatic N) is 3. The van der Waals surface area contributed by atoms with E-state index in [0.29, 0.717) is 5.56 Å². The number of halogens is 1. The molecule has 1 heterocycles. The van der Waals surface area contributed by atoms with Crippen LogP contribution in [0.5, 0.6) is 0 Å². The first-order chi connectivity index (χ1) is 13.4. The number of cyclic esters (lactones) is 1. The van der Waals surface area contributed by atoms with Crippen LogP contribution in [0.1, 0.15) is 11.1 Å². The summed E-state index contributed by atoms with van der Waals surface area (Å²) >= 11 is 6.02. The summed E-state index contributed by atoms with van der Waals surface area (Å²) in [6, 6.07) is 9.78. The van der Waals surface area contributed by atoms with Crippen LogP contribution in [0.2, 0.25) is 5.02 Å². The predicted octanol–water partition coefficient (Wildman–Crippen LogP) is 4.06. The van der Waals surface area contributed by atoms with Gasteiger partial charge >= 0.3 is 5.97 Å². The molecular weight excluding hydrogens is 390 g/mol. The van der Waals surface area contributed by atoms with Crippen LogP contribution >= 0.6 is 11.6 Å². The number of hydrogen-bond acceptors (Lipinski definition) is 7. The van der Waals surface area contributed by atoms with Crippen molar-refractivity contribution in [1.82, 2.24) is 0 Å². The second kappa shape index (κ2) is 7.80. The zero-order valence-electron chi connectivity index (χ0n) is 13.9. The van der Waals surface area contributed by atoms with Crippen molar-refractivity contribution in [2.75, 3.05) is 0 Å². The van der Waals surface area contributed by atoms with Crippen LogP contribution in [0.3, 0.4) is 0 Å². The summed E-state index contributed by atoms with van der Waals surface area (Å²) in [5.41, 5.74) is 0.0647. The zero-order valence-corrected chi connectivity index (χ0v) is 14.7. The average Bonchev–Trinajstić information content (AvgIpc) is 3.02. The quantitative estimate of drug-likeness (QED) is 0.323. The number of carbonyl (C=O) groups is 1. The standard InChI is InChI=1S/C18H10ClN3O6/c19-14-9-8-12(21(24)25)10-13(14)17-20-15(18(23)28-17)6-3-5-11-4-1-2-7-16(11)22(26)27/h1-10H. The molecule has 0 unspecified atom stereocenters. The molecule has 3 rings (SSSR count). The van der Waals surface area contributed by atoms with Crippen molar-refractivity contribution in [3.05, 3.63) is 96.7 Å². The molecule has 0 bridgehead atoms. The SMILES string of the molecule is O=C1OC(c2cc([N+](=O)[O-])ccc2Cl)=NC1=CC=Cc1ccccc1[N+](=O)[O-]. The van der Waals surface area contributed by atoms with Crippen LogP contribution in [0.4, 0.5) is 11.4 Å². The number of para-hydroxylation sites is 1. The van der Waals surface area contributed by atoms with Gasteiger partial charge in [0.2, 0.25) is 5.90 Å². The first kappa shape index (κ1) is 18.9. The van der Waals surface area contributed by atoms with Crippen molar-refractivity contribution < 1.29 is 19.4 Å². The van der Waals surface area contributed by atoms with E-state index in [9.17, 15) is 25.0 Å². The number of benzene rings is 2. The number of esters is 1. The van der Waals surface area contributed by atoms with Gasteiger partial charge < -0.3 is 4.74 Å². The van der Waals surface area contributed by atoms with Gasteiger partial charge in [0, 0.05) is 18.2 Å². The first-order valence-electron chi connectivity index (χ1n) is 7.74. The Bertz CT molecular complexity index is 1090. The Morgan fingerprint density at radius 3 is 2.54 bits per heavy atom. The van der Waals surface area contributed by atoms with Gasteiger partial charge in [-0.05, 0) is 24.3 Å². The van der Waals surface area contributed by atoms with Crippen molar-refractivity contribution in [3.63, 3.8) is 0 Å². The summed E-state index contributed by atoms with van der Waals surface area (Å²) in [5.74, 6) is -0.936. The topological polar surface area (TPSA) is 125 Å². The van der Waals surface area contributed by atoms with E-state index < -0.39 is 15.8 Å². The van der Waals surface area contributed by atoms with E-state index in [2.05, 4.69) is 4.99 Å². The van der Waals surface area contributed by atoms with Gasteiger partial charge in [0.25, 0.3) is 11.4 Å². The Morgan fingerprint density at radius 2 is 1.82 bits per heavy atom. The lowest BCUT2D eigenvalue weighted by Crippen LogP contribution is -2.06. The molecule has 140 valence electrons. The molecule has 1 aliphatic heterocycles. The molecule has 0 amide bonds. The summed E-state index contributed by atoms with van der Waals surface area (Å²) in [5, 5.41) is 22.0. The molecule has 0 N–H and O–H groups in total. The smallest absolute Gasteiger partial charge is 0.363 e. The lowest BCUT2D eigenvalue weighted by atomic mass is 10.1. The number of non-ortho nitro benzene ring substituents is 1. The van der Waals surface area contributed by atoms with Gasteiger partial charge in [-0.1, -0.05) is 29.8 Å². The molecule has 0 saturated heterocycles. The Morgan fingerprint density at radius 1 is 1.07 bits per heavy atom. The summed E-state index contributed by atoms with van der Waals surface area (Å²) in [4.78, 5) is 36.8. The molecule has 0 spiro atoms. The molecule has 1 aliphatic rings. The van der Waals surface area contributed by atoms with Crippen LogP contribution in [0.15, 0.2) is 65.3 Å². The molecule has 28 heavy (non-hydrogen) atoms. The maximum absolute atomic E-state index is 12.0. The summed E-state index contributed by atoms with van der Waals surface area (Å²) < 4.78 is 5.03. The summed E-state index contributed by atoms with van der Waals surface area (Å²) in [6.45, 7) is 0. The molecule has 2 aromatic rings. The van der Waals surface area contributed by atoms with Gasteiger partial charge in [0.15, 0.2) is 5.70 Å². The van der Waals surface area contributed by atoms with Crippen molar-refractivity contribution >= 4 is 40.9 Å². The number of ether oxygens (including phenoxy) is 1. The monoisotopic (exact) mass is 399 g/mol. The Hall–Kier alpha value is -3.85. The number of rotatable bonds is 5. The van der Waals surface area contributed by atoms with E-state index in [1.165, 1.54) is 36.4 Å². The van der Waals surface area contributed by atoms with Gasteiger partial charge in [-0.15, -0.1) is 0 Å². The minimum Gasteiger partial charge on any atom is -0.402 e. The number of hydrogen-bond donors (Lipinski definition) is 0. The van der Waals surface area contributed by atoms with Crippen LogP contribution in [0.25, 0.3) is 6.08 Å². The highest BCUT2D eigenvalue weighted by Gasteiger charge is 2.26. The molecule has 0 aliphatic carbocycles. The molecule has 0 fully saturated rings. The van der Waals surface area contributed by atoms with E-state index in [1.807, 2.05) is 0 Å². The number of allylic oxidation sites excluding steroid dienone is 2. The van der Waals surface area contributed by atoms with Gasteiger partial charge in [-0.2, -0.15) is 0 Å². The zero-order chi connectivity index (χ0) is 20.3. The third kappa shape index (κ3) is 3.94. The fourth-order valence-electron chi connectivity index (χ4n) is 2.37. The minimum absolute atomic E-state index is 0.0765. The van der Waals surface area contributed by atoms with Gasteiger partial charge in [0.1, 0.15) is 0 Å². The highest BCUT2D eigenvalue weighted by Crippen LogP contribution is 2.26. The number of carbonyl (C=O) groups excluding carboxylic acids is 1. The minimum atomic E-state index is -0.773. The van der Waals surface area contributed by atoms with Gasteiger partial charge in [-0.3, -0.25) is 20.2 Å². The number of aliphatic imine (C=N–C) groups is 1. The van der Waals surface area contributed by atoms with Crippen LogP contribution in [-0.2, 0) is 9.53 Å². The summed E-state index contributed by atoms with van der Waals surface area (Å²) in [7, 11) is 0. The molecule has 0 aromatic heterocycles. The molecule has 2 aromatic carbocycles. The largest absolute Gasteiger partial charge is 0.402 e. The predicted molar refractivity (Wildman–Crippen MR) is 101 cm³/mol. The molecule has 0 radical (unpaired) electrons. The first-order valence-corrected chi connectivity index (χ1v) is 8.11. The molecule has 0 atom stereocenters. The van der Waals surface area contributed by atoms with E-state index in [0.717, 1.165) is 6.07 Å². The number of nitro groups is 2. The number of nitro benzene ring substituents is 2. The van der Waals surface area contributed by atoms with E-state index in [1.54, 1.807) is 18.2 Å². The van der Waals surface area contributed by atoms with Crippen LogP contribution < -0.4 is 0 Å². The van der Waals surface area contributed by atoms with Crippen molar-refractivity contribution in [3.8, 4) is 0 Å². The molecule has 10 heteroatoms. The van der Waals surface area contributed by atoms with Gasteiger partial charge in [-0.25, -0.2) is 9.79 Å². The summed E-state index contributed by atoms with van der Waals surface area (Å²) in [6.07, 6.45) is 4.18. The Kier molecular flexibility index (Phi) is 5.28. The van der Waals surface area contributed by atoms with Gasteiger partial charge in [0.05, 0.1) is 26.0 Å². The lowest BCUT2D eigenvalue weighted by molar-refractivity contribution is -0.385. The van der Waals surface area contributed by atoms with E-state index >= 15 is 0 Å². The fourth-order valence-corrected chi connectivity index (χ4v) is 2.57. The average molecular weight is 400 g/mol. The maximum Gasteiger partial charge on any atom is 0.363 e.